The van der Waals surface area contributed by atoms with E-state index in [0.29, 0.717) is 0 Å². The standard InChI is InChI=1S/C17H32N6/c1-4-14-6-8-15(9-7-14)12-20-17(18-3)19-10-11-23-13-21-22-16(23)5-2/h13-15H,4-12H2,1-3H3,(H2,18,19,20). The lowest BCUT2D eigenvalue weighted by Gasteiger charge is -2.28. The third-order valence-corrected chi connectivity index (χ3v) is 4.98. The van der Waals surface area contributed by atoms with Gasteiger partial charge in [-0.05, 0) is 24.7 Å². The molecule has 1 saturated carbocycles. The lowest BCUT2D eigenvalue weighted by atomic mass is 9.81. The van der Waals surface area contributed by atoms with Crippen LogP contribution in [0.5, 0.6) is 0 Å². The van der Waals surface area contributed by atoms with E-state index in [1.165, 1.54) is 32.1 Å². The van der Waals surface area contributed by atoms with Crippen LogP contribution >= 0.6 is 0 Å². The van der Waals surface area contributed by atoms with Crippen molar-refractivity contribution in [3.05, 3.63) is 12.2 Å². The number of rotatable bonds is 7. The molecule has 1 heterocycles. The normalized spacial score (nSPS) is 22.1. The van der Waals surface area contributed by atoms with E-state index in [0.717, 1.165) is 49.7 Å². The van der Waals surface area contributed by atoms with Gasteiger partial charge in [-0.2, -0.15) is 0 Å². The van der Waals surface area contributed by atoms with Crippen LogP contribution in [0.25, 0.3) is 0 Å². The van der Waals surface area contributed by atoms with E-state index in [-0.39, 0.29) is 0 Å². The molecule has 23 heavy (non-hydrogen) atoms. The summed E-state index contributed by atoms with van der Waals surface area (Å²) >= 11 is 0. The van der Waals surface area contributed by atoms with Crippen molar-refractivity contribution in [3.63, 3.8) is 0 Å². The summed E-state index contributed by atoms with van der Waals surface area (Å²) in [5.41, 5.74) is 0. The van der Waals surface area contributed by atoms with E-state index in [2.05, 4.69) is 44.2 Å². The monoisotopic (exact) mass is 320 g/mol. The number of aliphatic imine (C=N–C) groups is 1. The SMILES string of the molecule is CCc1nncn1CCNC(=NC)NCC1CCC(CC)CC1. The van der Waals surface area contributed by atoms with Gasteiger partial charge in [0.25, 0.3) is 0 Å². The van der Waals surface area contributed by atoms with E-state index >= 15 is 0 Å². The molecule has 2 N–H and O–H groups in total. The average Bonchev–Trinajstić information content (AvgIpc) is 3.05. The minimum atomic E-state index is 0.792. The summed E-state index contributed by atoms with van der Waals surface area (Å²) in [6.45, 7) is 7.13. The van der Waals surface area contributed by atoms with Crippen LogP contribution in [0, 0.1) is 11.8 Å². The molecule has 1 aliphatic carbocycles. The van der Waals surface area contributed by atoms with Crippen LogP contribution in [0.15, 0.2) is 11.3 Å². The minimum Gasteiger partial charge on any atom is -0.356 e. The Kier molecular flexibility index (Phi) is 7.36. The lowest BCUT2D eigenvalue weighted by molar-refractivity contribution is 0.269. The first-order valence-corrected chi connectivity index (χ1v) is 9.08. The topological polar surface area (TPSA) is 67.1 Å². The van der Waals surface area contributed by atoms with Crippen molar-refractivity contribution in [2.24, 2.45) is 16.8 Å². The zero-order valence-electron chi connectivity index (χ0n) is 14.9. The van der Waals surface area contributed by atoms with Crippen molar-refractivity contribution in [2.45, 2.75) is 58.9 Å². The Balaban J connectivity index is 1.66. The summed E-state index contributed by atoms with van der Waals surface area (Å²) in [4.78, 5) is 4.32. The number of nitrogens with zero attached hydrogens (tertiary/aromatic N) is 4. The predicted octanol–water partition coefficient (Wildman–Crippen LogP) is 2.22. The van der Waals surface area contributed by atoms with Crippen LogP contribution in [0.4, 0.5) is 0 Å². The summed E-state index contributed by atoms with van der Waals surface area (Å²) in [5, 5.41) is 14.9. The molecule has 130 valence electrons. The van der Waals surface area contributed by atoms with Crippen LogP contribution in [0.2, 0.25) is 0 Å². The molecule has 0 radical (unpaired) electrons. The highest BCUT2D eigenvalue weighted by molar-refractivity contribution is 5.79. The molecule has 0 saturated heterocycles. The van der Waals surface area contributed by atoms with Crippen LogP contribution < -0.4 is 10.6 Å². The molecule has 0 spiro atoms. The number of aromatic nitrogens is 3. The number of hydrogen-bond acceptors (Lipinski definition) is 3. The maximum Gasteiger partial charge on any atom is 0.191 e. The van der Waals surface area contributed by atoms with Crippen molar-refractivity contribution in [2.75, 3.05) is 20.1 Å². The number of nitrogens with one attached hydrogen (secondary N) is 2. The maximum absolute atomic E-state index is 4.32. The van der Waals surface area contributed by atoms with Gasteiger partial charge < -0.3 is 15.2 Å². The van der Waals surface area contributed by atoms with Crippen LogP contribution in [-0.4, -0.2) is 40.9 Å². The molecule has 6 heteroatoms. The van der Waals surface area contributed by atoms with Gasteiger partial charge in [-0.3, -0.25) is 4.99 Å². The van der Waals surface area contributed by atoms with Crippen molar-refractivity contribution in [1.29, 1.82) is 0 Å². The Labute approximate surface area is 140 Å². The Morgan fingerprint density at radius 2 is 1.96 bits per heavy atom. The molecule has 0 atom stereocenters. The Hall–Kier alpha value is -1.59. The minimum absolute atomic E-state index is 0.792. The molecule has 0 unspecified atom stereocenters. The van der Waals surface area contributed by atoms with E-state index in [1.807, 2.05) is 7.05 Å². The molecule has 0 aliphatic heterocycles. The van der Waals surface area contributed by atoms with Crippen LogP contribution in [0.3, 0.4) is 0 Å². The molecule has 0 amide bonds. The van der Waals surface area contributed by atoms with Crippen molar-refractivity contribution < 1.29 is 0 Å². The highest BCUT2D eigenvalue weighted by Crippen LogP contribution is 2.29. The first kappa shape index (κ1) is 17.8. The van der Waals surface area contributed by atoms with E-state index in [4.69, 9.17) is 0 Å². The summed E-state index contributed by atoms with van der Waals surface area (Å²) < 4.78 is 2.09. The Morgan fingerprint density at radius 1 is 1.22 bits per heavy atom. The Morgan fingerprint density at radius 3 is 2.61 bits per heavy atom. The summed E-state index contributed by atoms with van der Waals surface area (Å²) in [7, 11) is 1.83. The second kappa shape index (κ2) is 9.53. The fourth-order valence-corrected chi connectivity index (χ4v) is 3.34. The fraction of sp³-hybridized carbons (Fsp3) is 0.824. The fourth-order valence-electron chi connectivity index (χ4n) is 3.34. The van der Waals surface area contributed by atoms with Gasteiger partial charge in [0.05, 0.1) is 0 Å². The summed E-state index contributed by atoms with van der Waals surface area (Å²) in [6.07, 6.45) is 9.53. The van der Waals surface area contributed by atoms with Crippen LogP contribution in [-0.2, 0) is 13.0 Å². The first-order chi connectivity index (χ1) is 11.3. The van der Waals surface area contributed by atoms with Gasteiger partial charge in [0.2, 0.25) is 0 Å². The van der Waals surface area contributed by atoms with E-state index in [1.54, 1.807) is 6.33 Å². The van der Waals surface area contributed by atoms with Crippen molar-refractivity contribution in [3.8, 4) is 0 Å². The smallest absolute Gasteiger partial charge is 0.191 e. The summed E-state index contributed by atoms with van der Waals surface area (Å²) in [6, 6.07) is 0. The average molecular weight is 320 g/mol. The molecule has 6 nitrogen and oxygen atoms in total. The molecular weight excluding hydrogens is 288 g/mol. The zero-order chi connectivity index (χ0) is 16.5. The molecule has 1 aliphatic rings. The molecule has 1 aromatic rings. The highest BCUT2D eigenvalue weighted by atomic mass is 15.3. The summed E-state index contributed by atoms with van der Waals surface area (Å²) in [5.74, 6) is 3.68. The van der Waals surface area contributed by atoms with Gasteiger partial charge in [-0.1, -0.05) is 33.1 Å². The second-order valence-electron chi connectivity index (χ2n) is 6.47. The zero-order valence-corrected chi connectivity index (χ0v) is 14.9. The number of aryl methyl sites for hydroxylation is 1. The maximum atomic E-state index is 4.32. The molecule has 1 fully saturated rings. The van der Waals surface area contributed by atoms with Crippen molar-refractivity contribution >= 4 is 5.96 Å². The predicted molar refractivity (Wildman–Crippen MR) is 94.5 cm³/mol. The molecular formula is C17H32N6. The van der Waals surface area contributed by atoms with Gasteiger partial charge in [0.15, 0.2) is 5.96 Å². The van der Waals surface area contributed by atoms with E-state index in [9.17, 15) is 0 Å². The number of hydrogen-bond donors (Lipinski definition) is 2. The van der Waals surface area contributed by atoms with Gasteiger partial charge in [0.1, 0.15) is 12.2 Å². The molecule has 0 bridgehead atoms. The van der Waals surface area contributed by atoms with Crippen LogP contribution in [0.1, 0.15) is 51.8 Å². The first-order valence-electron chi connectivity index (χ1n) is 9.08. The molecule has 1 aromatic heterocycles. The number of guanidine groups is 1. The van der Waals surface area contributed by atoms with Crippen molar-refractivity contribution in [1.82, 2.24) is 25.4 Å². The van der Waals surface area contributed by atoms with Gasteiger partial charge in [0, 0.05) is 33.1 Å². The van der Waals surface area contributed by atoms with Gasteiger partial charge >= 0.3 is 0 Å². The third-order valence-electron chi connectivity index (χ3n) is 4.98. The second-order valence-corrected chi connectivity index (χ2v) is 6.47. The molecule has 0 aromatic carbocycles. The quantitative estimate of drug-likeness (QED) is 0.597. The molecule has 2 rings (SSSR count). The highest BCUT2D eigenvalue weighted by Gasteiger charge is 2.19. The lowest BCUT2D eigenvalue weighted by Crippen LogP contribution is -2.41. The largest absolute Gasteiger partial charge is 0.356 e. The van der Waals surface area contributed by atoms with Gasteiger partial charge in [-0.15, -0.1) is 10.2 Å². The van der Waals surface area contributed by atoms with E-state index < -0.39 is 0 Å². The van der Waals surface area contributed by atoms with Gasteiger partial charge in [-0.25, -0.2) is 0 Å². The Bertz CT molecular complexity index is 473. The third kappa shape index (κ3) is 5.52.